The van der Waals surface area contributed by atoms with Crippen LogP contribution in [-0.2, 0) is 13.1 Å². The van der Waals surface area contributed by atoms with Crippen molar-refractivity contribution in [2.75, 3.05) is 6.79 Å². The summed E-state index contributed by atoms with van der Waals surface area (Å²) < 4.78 is 11.8. The fourth-order valence-corrected chi connectivity index (χ4v) is 2.57. The summed E-state index contributed by atoms with van der Waals surface area (Å²) in [6.07, 6.45) is 0. The molecule has 4 heteroatoms. The normalized spacial score (nSPS) is 12.7. The van der Waals surface area contributed by atoms with Gasteiger partial charge in [-0.15, -0.1) is 0 Å². The van der Waals surface area contributed by atoms with Crippen molar-refractivity contribution in [2.24, 2.45) is 0 Å². The molecule has 1 N–H and O–H groups in total. The van der Waals surface area contributed by atoms with Gasteiger partial charge in [0, 0.05) is 17.6 Å². The fraction of sp³-hybridized carbons (Fsp3) is 0.250. The van der Waals surface area contributed by atoms with Gasteiger partial charge in [-0.25, -0.2) is 0 Å². The number of halogens is 1. The molecular weight excluding hydrogens is 318 g/mol. The highest BCUT2D eigenvalue weighted by molar-refractivity contribution is 9.10. The van der Waals surface area contributed by atoms with Gasteiger partial charge in [0.25, 0.3) is 0 Å². The van der Waals surface area contributed by atoms with Crippen LogP contribution in [0.3, 0.4) is 0 Å². The summed E-state index contributed by atoms with van der Waals surface area (Å²) in [4.78, 5) is 0. The fourth-order valence-electron chi connectivity index (χ4n) is 2.15. The van der Waals surface area contributed by atoms with Crippen LogP contribution in [0.25, 0.3) is 0 Å². The molecule has 0 aromatic heterocycles. The van der Waals surface area contributed by atoms with Gasteiger partial charge >= 0.3 is 0 Å². The van der Waals surface area contributed by atoms with Crippen LogP contribution in [0.5, 0.6) is 11.5 Å². The molecule has 3 nitrogen and oxygen atoms in total. The van der Waals surface area contributed by atoms with Gasteiger partial charge < -0.3 is 14.8 Å². The molecule has 0 unspecified atom stereocenters. The van der Waals surface area contributed by atoms with Gasteiger partial charge in [0.05, 0.1) is 0 Å². The first-order valence-electron chi connectivity index (χ1n) is 6.56. The van der Waals surface area contributed by atoms with Crippen LogP contribution >= 0.6 is 15.9 Å². The number of ether oxygens (including phenoxy) is 2. The SMILES string of the molecule is Cc1ccc(CNCc2ccc3c(c2)OCO3)cc1Br. The van der Waals surface area contributed by atoms with Crippen molar-refractivity contribution >= 4 is 15.9 Å². The molecule has 0 spiro atoms. The van der Waals surface area contributed by atoms with Crippen molar-refractivity contribution < 1.29 is 9.47 Å². The summed E-state index contributed by atoms with van der Waals surface area (Å²) in [6.45, 7) is 4.06. The molecular formula is C16H16BrNO2. The molecule has 104 valence electrons. The van der Waals surface area contributed by atoms with E-state index in [0.717, 1.165) is 29.1 Å². The minimum Gasteiger partial charge on any atom is -0.454 e. The lowest BCUT2D eigenvalue weighted by atomic mass is 10.1. The Labute approximate surface area is 127 Å². The van der Waals surface area contributed by atoms with Crippen LogP contribution in [0.15, 0.2) is 40.9 Å². The van der Waals surface area contributed by atoms with Crippen molar-refractivity contribution in [3.63, 3.8) is 0 Å². The van der Waals surface area contributed by atoms with E-state index in [9.17, 15) is 0 Å². The maximum atomic E-state index is 5.38. The van der Waals surface area contributed by atoms with Gasteiger partial charge in [0.2, 0.25) is 6.79 Å². The van der Waals surface area contributed by atoms with Crippen LogP contribution in [0, 0.1) is 6.92 Å². The number of benzene rings is 2. The summed E-state index contributed by atoms with van der Waals surface area (Å²) in [5.74, 6) is 1.67. The highest BCUT2D eigenvalue weighted by Crippen LogP contribution is 2.32. The van der Waals surface area contributed by atoms with Crippen LogP contribution in [0.1, 0.15) is 16.7 Å². The lowest BCUT2D eigenvalue weighted by Crippen LogP contribution is -2.12. The first kappa shape index (κ1) is 13.5. The lowest BCUT2D eigenvalue weighted by molar-refractivity contribution is 0.174. The molecule has 20 heavy (non-hydrogen) atoms. The molecule has 0 saturated heterocycles. The van der Waals surface area contributed by atoms with E-state index in [0.29, 0.717) is 6.79 Å². The Morgan fingerprint density at radius 2 is 1.70 bits per heavy atom. The summed E-state index contributed by atoms with van der Waals surface area (Å²) in [5, 5.41) is 3.44. The highest BCUT2D eigenvalue weighted by Gasteiger charge is 2.12. The van der Waals surface area contributed by atoms with Crippen molar-refractivity contribution in [3.8, 4) is 11.5 Å². The Kier molecular flexibility index (Phi) is 3.94. The number of nitrogens with one attached hydrogen (secondary N) is 1. The van der Waals surface area contributed by atoms with Crippen LogP contribution in [0.4, 0.5) is 0 Å². The highest BCUT2D eigenvalue weighted by atomic mass is 79.9. The van der Waals surface area contributed by atoms with E-state index in [2.05, 4.69) is 52.4 Å². The van der Waals surface area contributed by atoms with Gasteiger partial charge in [-0.1, -0.05) is 34.1 Å². The topological polar surface area (TPSA) is 30.5 Å². The zero-order chi connectivity index (χ0) is 13.9. The Hall–Kier alpha value is -1.52. The third-order valence-electron chi connectivity index (χ3n) is 3.33. The first-order valence-corrected chi connectivity index (χ1v) is 7.36. The van der Waals surface area contributed by atoms with Crippen LogP contribution < -0.4 is 14.8 Å². The molecule has 2 aromatic carbocycles. The maximum absolute atomic E-state index is 5.38. The van der Waals surface area contributed by atoms with Crippen molar-refractivity contribution in [1.29, 1.82) is 0 Å². The Balaban J connectivity index is 1.58. The predicted molar refractivity (Wildman–Crippen MR) is 82.0 cm³/mol. The Morgan fingerprint density at radius 1 is 1.00 bits per heavy atom. The van der Waals surface area contributed by atoms with Gasteiger partial charge in [-0.3, -0.25) is 0 Å². The van der Waals surface area contributed by atoms with Crippen molar-refractivity contribution in [2.45, 2.75) is 20.0 Å². The second-order valence-electron chi connectivity index (χ2n) is 4.87. The molecule has 0 saturated carbocycles. The minimum absolute atomic E-state index is 0.323. The third kappa shape index (κ3) is 2.97. The van der Waals surface area contributed by atoms with Crippen molar-refractivity contribution in [3.05, 3.63) is 57.6 Å². The molecule has 0 aliphatic carbocycles. The zero-order valence-electron chi connectivity index (χ0n) is 11.3. The van der Waals surface area contributed by atoms with Gasteiger partial charge in [-0.2, -0.15) is 0 Å². The summed E-state index contributed by atoms with van der Waals surface area (Å²) in [6, 6.07) is 12.5. The third-order valence-corrected chi connectivity index (χ3v) is 4.19. The Morgan fingerprint density at radius 3 is 2.50 bits per heavy atom. The molecule has 1 heterocycles. The monoisotopic (exact) mass is 333 g/mol. The second kappa shape index (κ2) is 5.85. The molecule has 0 atom stereocenters. The van der Waals surface area contributed by atoms with Gasteiger partial charge in [0.15, 0.2) is 11.5 Å². The molecule has 0 fully saturated rings. The molecule has 0 bridgehead atoms. The lowest BCUT2D eigenvalue weighted by Gasteiger charge is -2.07. The van der Waals surface area contributed by atoms with E-state index in [1.165, 1.54) is 16.7 Å². The van der Waals surface area contributed by atoms with E-state index in [4.69, 9.17) is 9.47 Å². The van der Waals surface area contributed by atoms with E-state index in [-0.39, 0.29) is 0 Å². The number of aryl methyl sites for hydroxylation is 1. The number of fused-ring (bicyclic) bond motifs is 1. The summed E-state index contributed by atoms with van der Waals surface area (Å²) >= 11 is 3.56. The molecule has 1 aliphatic rings. The molecule has 0 amide bonds. The average Bonchev–Trinajstić information content (AvgIpc) is 2.90. The van der Waals surface area contributed by atoms with Gasteiger partial charge in [0.1, 0.15) is 0 Å². The number of rotatable bonds is 4. The van der Waals surface area contributed by atoms with Crippen LogP contribution in [0.2, 0.25) is 0 Å². The minimum atomic E-state index is 0.323. The smallest absolute Gasteiger partial charge is 0.231 e. The largest absolute Gasteiger partial charge is 0.454 e. The molecule has 2 aromatic rings. The van der Waals surface area contributed by atoms with Crippen LogP contribution in [-0.4, -0.2) is 6.79 Å². The van der Waals surface area contributed by atoms with E-state index in [1.807, 2.05) is 12.1 Å². The zero-order valence-corrected chi connectivity index (χ0v) is 12.9. The average molecular weight is 334 g/mol. The summed E-state index contributed by atoms with van der Waals surface area (Å²) in [5.41, 5.74) is 3.72. The molecule has 1 aliphatic heterocycles. The number of hydrogen-bond donors (Lipinski definition) is 1. The standard InChI is InChI=1S/C16H16BrNO2/c1-11-2-3-12(6-14(11)17)8-18-9-13-4-5-15-16(7-13)20-10-19-15/h2-7,18H,8-10H2,1H3. The van der Waals surface area contributed by atoms with E-state index in [1.54, 1.807) is 0 Å². The predicted octanol–water partition coefficient (Wildman–Crippen LogP) is 3.78. The van der Waals surface area contributed by atoms with Crippen molar-refractivity contribution in [1.82, 2.24) is 5.32 Å². The quantitative estimate of drug-likeness (QED) is 0.923. The van der Waals surface area contributed by atoms with E-state index < -0.39 is 0 Å². The Bertz CT molecular complexity index is 628. The first-order chi connectivity index (χ1) is 9.72. The maximum Gasteiger partial charge on any atom is 0.231 e. The molecule has 3 rings (SSSR count). The second-order valence-corrected chi connectivity index (χ2v) is 5.73. The van der Waals surface area contributed by atoms with Gasteiger partial charge in [-0.05, 0) is 41.8 Å². The summed E-state index contributed by atoms with van der Waals surface area (Å²) in [7, 11) is 0. The number of hydrogen-bond acceptors (Lipinski definition) is 3. The van der Waals surface area contributed by atoms with E-state index >= 15 is 0 Å². The molecule has 0 radical (unpaired) electrons.